The van der Waals surface area contributed by atoms with Crippen LogP contribution in [-0.4, -0.2) is 51.9 Å². The average Bonchev–Trinajstić information content (AvgIpc) is 3.05. The number of likely N-dealkylation sites (tertiary alicyclic amines) is 1. The Morgan fingerprint density at radius 1 is 1.12 bits per heavy atom. The predicted octanol–water partition coefficient (Wildman–Crippen LogP) is 4.43. The summed E-state index contributed by atoms with van der Waals surface area (Å²) in [6.45, 7) is 4.43. The first-order chi connectivity index (χ1) is 12.6. The minimum Gasteiger partial charge on any atom is -0.342 e. The van der Waals surface area contributed by atoms with Gasteiger partial charge < -0.3 is 9.80 Å². The molecule has 2 heterocycles. The fraction of sp³-hybridized carbons (Fsp3) is 0.600. The van der Waals surface area contributed by atoms with Gasteiger partial charge in [0.05, 0.1) is 4.87 Å². The van der Waals surface area contributed by atoms with E-state index in [9.17, 15) is 9.59 Å². The van der Waals surface area contributed by atoms with Crippen LogP contribution in [0, 0.1) is 0 Å². The largest absolute Gasteiger partial charge is 0.342 e. The van der Waals surface area contributed by atoms with E-state index in [4.69, 9.17) is 11.6 Å². The maximum Gasteiger partial charge on any atom is 0.254 e. The Morgan fingerprint density at radius 3 is 2.46 bits per heavy atom. The first-order valence-corrected chi connectivity index (χ1v) is 10.9. The molecular formula is C20H27ClN2O2S. The van der Waals surface area contributed by atoms with Gasteiger partial charge in [-0.15, -0.1) is 11.8 Å². The zero-order valence-corrected chi connectivity index (χ0v) is 17.0. The lowest BCUT2D eigenvalue weighted by molar-refractivity contribution is -0.132. The Bertz CT molecular complexity index is 642. The molecule has 2 amide bonds. The van der Waals surface area contributed by atoms with Crippen LogP contribution in [0.1, 0.15) is 55.8 Å². The second-order valence-electron chi connectivity index (χ2n) is 7.10. The number of halogens is 1. The second kappa shape index (κ2) is 8.66. The van der Waals surface area contributed by atoms with Gasteiger partial charge in [-0.3, -0.25) is 9.59 Å². The Hall–Kier alpha value is -1.20. The summed E-state index contributed by atoms with van der Waals surface area (Å²) >= 11 is 7.82. The van der Waals surface area contributed by atoms with Gasteiger partial charge in [-0.05, 0) is 43.5 Å². The van der Waals surface area contributed by atoms with Gasteiger partial charge in [0.1, 0.15) is 0 Å². The molecule has 1 aromatic carbocycles. The molecule has 1 spiro atoms. The molecule has 0 atom stereocenters. The summed E-state index contributed by atoms with van der Waals surface area (Å²) in [6.07, 6.45) is 5.60. The molecule has 0 bridgehead atoms. The Morgan fingerprint density at radius 2 is 1.81 bits per heavy atom. The molecule has 0 saturated carbocycles. The van der Waals surface area contributed by atoms with E-state index in [0.717, 1.165) is 57.5 Å². The third kappa shape index (κ3) is 4.20. The van der Waals surface area contributed by atoms with E-state index < -0.39 is 0 Å². The lowest BCUT2D eigenvalue weighted by Gasteiger charge is -2.44. The number of piperidine rings is 1. The lowest BCUT2D eigenvalue weighted by Crippen LogP contribution is -2.53. The van der Waals surface area contributed by atoms with Crippen molar-refractivity contribution in [1.29, 1.82) is 0 Å². The lowest BCUT2D eigenvalue weighted by atomic mass is 10.00. The van der Waals surface area contributed by atoms with Gasteiger partial charge in [-0.25, -0.2) is 0 Å². The summed E-state index contributed by atoms with van der Waals surface area (Å²) in [7, 11) is 0. The van der Waals surface area contributed by atoms with E-state index in [-0.39, 0.29) is 16.7 Å². The van der Waals surface area contributed by atoms with Crippen molar-refractivity contribution in [2.24, 2.45) is 0 Å². The monoisotopic (exact) mass is 394 g/mol. The van der Waals surface area contributed by atoms with Gasteiger partial charge in [0.15, 0.2) is 0 Å². The molecule has 2 saturated heterocycles. The number of thioether (sulfide) groups is 1. The van der Waals surface area contributed by atoms with Crippen molar-refractivity contribution in [3.8, 4) is 0 Å². The van der Waals surface area contributed by atoms with Crippen molar-refractivity contribution in [1.82, 2.24) is 9.80 Å². The zero-order valence-electron chi connectivity index (χ0n) is 15.4. The van der Waals surface area contributed by atoms with Gasteiger partial charge in [0.2, 0.25) is 5.91 Å². The minimum atomic E-state index is -0.156. The molecule has 1 aromatic rings. The van der Waals surface area contributed by atoms with E-state index >= 15 is 0 Å². The summed E-state index contributed by atoms with van der Waals surface area (Å²) in [5.41, 5.74) is 0.689. The number of rotatable bonds is 5. The third-order valence-corrected chi connectivity index (χ3v) is 7.21. The minimum absolute atomic E-state index is 0.0781. The molecule has 2 aliphatic heterocycles. The van der Waals surface area contributed by atoms with Crippen LogP contribution in [0.2, 0.25) is 5.02 Å². The predicted molar refractivity (Wildman–Crippen MR) is 108 cm³/mol. The molecule has 0 unspecified atom stereocenters. The third-order valence-electron chi connectivity index (χ3n) is 5.41. The molecule has 3 rings (SSSR count). The van der Waals surface area contributed by atoms with Crippen molar-refractivity contribution >= 4 is 35.2 Å². The molecular weight excluding hydrogens is 368 g/mol. The van der Waals surface area contributed by atoms with Gasteiger partial charge in [0, 0.05) is 42.4 Å². The number of nitrogens with zero attached hydrogens (tertiary/aromatic N) is 2. The molecule has 6 heteroatoms. The number of amides is 2. The van der Waals surface area contributed by atoms with Crippen molar-refractivity contribution in [2.45, 2.75) is 50.3 Å². The van der Waals surface area contributed by atoms with E-state index in [1.165, 1.54) is 0 Å². The molecule has 4 nitrogen and oxygen atoms in total. The van der Waals surface area contributed by atoms with Crippen molar-refractivity contribution in [3.05, 3.63) is 34.9 Å². The summed E-state index contributed by atoms with van der Waals surface area (Å²) < 4.78 is 0. The second-order valence-corrected chi connectivity index (χ2v) is 8.99. The van der Waals surface area contributed by atoms with E-state index in [2.05, 4.69) is 6.92 Å². The molecule has 0 aromatic heterocycles. The van der Waals surface area contributed by atoms with E-state index in [0.29, 0.717) is 17.0 Å². The average molecular weight is 395 g/mol. The standard InChI is InChI=1S/C20H27ClN2O2S/c1-2-3-4-5-18(24)22-12-10-20(11-13-22)23(14-15-26-20)19(25)16-6-8-17(21)9-7-16/h6-9H,2-5,10-15H2,1H3. The Labute approximate surface area is 165 Å². The first kappa shape index (κ1) is 19.6. The SMILES string of the molecule is CCCCCC(=O)N1CCC2(CC1)SCCN2C(=O)c1ccc(Cl)cc1. The van der Waals surface area contributed by atoms with Gasteiger partial charge in [0.25, 0.3) is 5.91 Å². The Kier molecular flexibility index (Phi) is 6.51. The molecule has 0 radical (unpaired) electrons. The zero-order chi connectivity index (χ0) is 18.6. The van der Waals surface area contributed by atoms with E-state index in [1.54, 1.807) is 24.3 Å². The maximum absolute atomic E-state index is 13.0. The highest BCUT2D eigenvalue weighted by Crippen LogP contribution is 2.44. The smallest absolute Gasteiger partial charge is 0.254 e. The van der Waals surface area contributed by atoms with Crippen LogP contribution in [0.15, 0.2) is 24.3 Å². The first-order valence-electron chi connectivity index (χ1n) is 9.55. The fourth-order valence-electron chi connectivity index (χ4n) is 3.85. The number of hydrogen-bond donors (Lipinski definition) is 0. The fourth-order valence-corrected chi connectivity index (χ4v) is 5.43. The Balaban J connectivity index is 1.62. The van der Waals surface area contributed by atoms with Crippen LogP contribution in [0.3, 0.4) is 0 Å². The number of carbonyl (C=O) groups excluding carboxylic acids is 2. The normalized spacial score (nSPS) is 19.2. The van der Waals surface area contributed by atoms with Crippen LogP contribution < -0.4 is 0 Å². The van der Waals surface area contributed by atoms with Crippen LogP contribution in [-0.2, 0) is 4.79 Å². The number of benzene rings is 1. The van der Waals surface area contributed by atoms with Crippen LogP contribution in [0.25, 0.3) is 0 Å². The highest BCUT2D eigenvalue weighted by atomic mass is 35.5. The summed E-state index contributed by atoms with van der Waals surface area (Å²) in [4.78, 5) is 29.2. The molecule has 0 aliphatic carbocycles. The van der Waals surface area contributed by atoms with E-state index in [1.807, 2.05) is 21.6 Å². The number of hydrogen-bond acceptors (Lipinski definition) is 3. The van der Waals surface area contributed by atoms with Crippen molar-refractivity contribution in [3.63, 3.8) is 0 Å². The topological polar surface area (TPSA) is 40.6 Å². The van der Waals surface area contributed by atoms with Gasteiger partial charge in [-0.1, -0.05) is 31.4 Å². The van der Waals surface area contributed by atoms with Gasteiger partial charge in [-0.2, -0.15) is 0 Å². The van der Waals surface area contributed by atoms with Gasteiger partial charge >= 0.3 is 0 Å². The molecule has 2 fully saturated rings. The highest BCUT2D eigenvalue weighted by Gasteiger charge is 2.46. The van der Waals surface area contributed by atoms with Crippen LogP contribution in [0.4, 0.5) is 0 Å². The van der Waals surface area contributed by atoms with Crippen LogP contribution in [0.5, 0.6) is 0 Å². The quantitative estimate of drug-likeness (QED) is 0.693. The number of carbonyl (C=O) groups is 2. The number of unbranched alkanes of at least 4 members (excludes halogenated alkanes) is 2. The summed E-state index contributed by atoms with van der Waals surface area (Å²) in [5, 5.41) is 0.641. The molecule has 2 aliphatic rings. The molecule has 0 N–H and O–H groups in total. The highest BCUT2D eigenvalue weighted by molar-refractivity contribution is 8.00. The van der Waals surface area contributed by atoms with Crippen molar-refractivity contribution < 1.29 is 9.59 Å². The molecule has 26 heavy (non-hydrogen) atoms. The maximum atomic E-state index is 13.0. The molecule has 142 valence electrons. The van der Waals surface area contributed by atoms with Crippen molar-refractivity contribution in [2.75, 3.05) is 25.4 Å². The summed E-state index contributed by atoms with van der Waals surface area (Å²) in [5.74, 6) is 1.31. The van der Waals surface area contributed by atoms with Crippen LogP contribution >= 0.6 is 23.4 Å². The summed E-state index contributed by atoms with van der Waals surface area (Å²) in [6, 6.07) is 7.13.